The molecule has 116 valence electrons. The van der Waals surface area contributed by atoms with Gasteiger partial charge >= 0.3 is 0 Å². The third-order valence-electron chi connectivity index (χ3n) is 3.54. The lowest BCUT2D eigenvalue weighted by molar-refractivity contribution is 0.102. The standard InChI is InChI=1S/C17H14BrN3O2/c1-10-7-8-14(13(18)9-10)19-16(22)15-11-5-3-4-6-12(11)17(23)21(2)20-15/h3-9H,1-2H3,(H,19,22). The van der Waals surface area contributed by atoms with Crippen LogP contribution in [0.4, 0.5) is 5.69 Å². The summed E-state index contributed by atoms with van der Waals surface area (Å²) >= 11 is 3.43. The Labute approximate surface area is 141 Å². The van der Waals surface area contributed by atoms with Gasteiger partial charge in [-0.25, -0.2) is 4.68 Å². The number of aryl methyl sites for hydroxylation is 2. The summed E-state index contributed by atoms with van der Waals surface area (Å²) in [5.41, 5.74) is 1.73. The number of hydrogen-bond donors (Lipinski definition) is 1. The maximum absolute atomic E-state index is 12.6. The van der Waals surface area contributed by atoms with Crippen LogP contribution in [0.2, 0.25) is 0 Å². The number of anilines is 1. The second-order valence-corrected chi connectivity index (χ2v) is 6.11. The highest BCUT2D eigenvalue weighted by atomic mass is 79.9. The Bertz CT molecular complexity index is 979. The van der Waals surface area contributed by atoms with Crippen molar-refractivity contribution in [3.63, 3.8) is 0 Å². The van der Waals surface area contributed by atoms with Crippen LogP contribution < -0.4 is 10.9 Å². The molecule has 0 saturated heterocycles. The fourth-order valence-electron chi connectivity index (χ4n) is 2.37. The Hall–Kier alpha value is -2.47. The zero-order valence-electron chi connectivity index (χ0n) is 12.6. The number of nitrogens with one attached hydrogen (secondary N) is 1. The van der Waals surface area contributed by atoms with Gasteiger partial charge in [0.2, 0.25) is 0 Å². The van der Waals surface area contributed by atoms with E-state index >= 15 is 0 Å². The highest BCUT2D eigenvalue weighted by Crippen LogP contribution is 2.24. The molecule has 3 rings (SSSR count). The van der Waals surface area contributed by atoms with E-state index in [1.165, 1.54) is 11.7 Å². The number of rotatable bonds is 2. The number of carbonyl (C=O) groups excluding carboxylic acids is 1. The molecule has 6 heteroatoms. The lowest BCUT2D eigenvalue weighted by atomic mass is 10.1. The number of benzene rings is 2. The van der Waals surface area contributed by atoms with Gasteiger partial charge in [0.1, 0.15) is 0 Å². The maximum atomic E-state index is 12.6. The predicted molar refractivity (Wildman–Crippen MR) is 93.8 cm³/mol. The Morgan fingerprint density at radius 3 is 2.57 bits per heavy atom. The van der Waals surface area contributed by atoms with Crippen LogP contribution in [0.3, 0.4) is 0 Å². The number of amides is 1. The fraction of sp³-hybridized carbons (Fsp3) is 0.118. The van der Waals surface area contributed by atoms with Gasteiger partial charge in [-0.05, 0) is 46.6 Å². The number of aromatic nitrogens is 2. The summed E-state index contributed by atoms with van der Waals surface area (Å²) in [6.45, 7) is 1.97. The van der Waals surface area contributed by atoms with Crippen LogP contribution in [0.5, 0.6) is 0 Å². The van der Waals surface area contributed by atoms with Crippen molar-refractivity contribution in [3.05, 3.63) is 68.5 Å². The fourth-order valence-corrected chi connectivity index (χ4v) is 2.96. The average molecular weight is 372 g/mol. The van der Waals surface area contributed by atoms with Gasteiger partial charge in [0.15, 0.2) is 5.69 Å². The van der Waals surface area contributed by atoms with E-state index in [1.807, 2.05) is 25.1 Å². The third kappa shape index (κ3) is 2.90. The summed E-state index contributed by atoms with van der Waals surface area (Å²) in [7, 11) is 1.54. The molecular formula is C17H14BrN3O2. The zero-order valence-corrected chi connectivity index (χ0v) is 14.2. The second kappa shape index (κ2) is 5.96. The third-order valence-corrected chi connectivity index (χ3v) is 4.20. The van der Waals surface area contributed by atoms with Crippen molar-refractivity contribution < 1.29 is 4.79 Å². The first-order valence-electron chi connectivity index (χ1n) is 7.01. The van der Waals surface area contributed by atoms with E-state index in [9.17, 15) is 9.59 Å². The molecule has 0 aliphatic rings. The minimum absolute atomic E-state index is 0.218. The molecule has 0 unspecified atom stereocenters. The van der Waals surface area contributed by atoms with Gasteiger partial charge in [0.25, 0.3) is 11.5 Å². The molecule has 0 spiro atoms. The minimum atomic E-state index is -0.360. The highest BCUT2D eigenvalue weighted by Gasteiger charge is 2.16. The summed E-state index contributed by atoms with van der Waals surface area (Å²) in [6, 6.07) is 12.6. The molecule has 1 amide bonds. The van der Waals surface area contributed by atoms with Crippen molar-refractivity contribution in [1.82, 2.24) is 9.78 Å². The van der Waals surface area contributed by atoms with Gasteiger partial charge < -0.3 is 5.32 Å². The van der Waals surface area contributed by atoms with Crippen LogP contribution in [-0.4, -0.2) is 15.7 Å². The van der Waals surface area contributed by atoms with E-state index in [0.717, 1.165) is 10.0 Å². The quantitative estimate of drug-likeness (QED) is 0.751. The van der Waals surface area contributed by atoms with E-state index in [-0.39, 0.29) is 17.2 Å². The molecule has 3 aromatic rings. The van der Waals surface area contributed by atoms with Crippen LogP contribution >= 0.6 is 15.9 Å². The first-order chi connectivity index (χ1) is 11.0. The van der Waals surface area contributed by atoms with Crippen molar-refractivity contribution in [3.8, 4) is 0 Å². The number of halogens is 1. The molecular weight excluding hydrogens is 358 g/mol. The normalized spacial score (nSPS) is 10.7. The summed E-state index contributed by atoms with van der Waals surface area (Å²) in [5, 5.41) is 7.96. The lowest BCUT2D eigenvalue weighted by Gasteiger charge is -2.10. The monoisotopic (exact) mass is 371 g/mol. The molecule has 2 aromatic carbocycles. The van der Waals surface area contributed by atoms with E-state index in [2.05, 4.69) is 26.3 Å². The molecule has 0 bridgehead atoms. The molecule has 1 heterocycles. The summed E-state index contributed by atoms with van der Waals surface area (Å²) in [6.07, 6.45) is 0. The van der Waals surface area contributed by atoms with E-state index in [4.69, 9.17) is 0 Å². The number of hydrogen-bond acceptors (Lipinski definition) is 3. The van der Waals surface area contributed by atoms with Crippen molar-refractivity contribution in [2.24, 2.45) is 7.05 Å². The van der Waals surface area contributed by atoms with Crippen molar-refractivity contribution >= 4 is 38.3 Å². The van der Waals surface area contributed by atoms with Crippen LogP contribution in [-0.2, 0) is 7.05 Å². The van der Waals surface area contributed by atoms with Crippen LogP contribution in [0, 0.1) is 6.92 Å². The first-order valence-corrected chi connectivity index (χ1v) is 7.80. The molecule has 0 aliphatic carbocycles. The smallest absolute Gasteiger partial charge is 0.276 e. The van der Waals surface area contributed by atoms with Gasteiger partial charge in [0.05, 0.1) is 11.1 Å². The van der Waals surface area contributed by atoms with Gasteiger partial charge in [-0.2, -0.15) is 5.10 Å². The molecule has 5 nitrogen and oxygen atoms in total. The molecule has 0 radical (unpaired) electrons. The van der Waals surface area contributed by atoms with Gasteiger partial charge in [-0.1, -0.05) is 24.3 Å². The largest absolute Gasteiger partial charge is 0.320 e. The Morgan fingerprint density at radius 2 is 1.87 bits per heavy atom. The lowest BCUT2D eigenvalue weighted by Crippen LogP contribution is -2.25. The minimum Gasteiger partial charge on any atom is -0.320 e. The molecule has 23 heavy (non-hydrogen) atoms. The van der Waals surface area contributed by atoms with Crippen LogP contribution in [0.1, 0.15) is 16.1 Å². The zero-order chi connectivity index (χ0) is 16.6. The SMILES string of the molecule is Cc1ccc(NC(=O)c2nn(C)c(=O)c3ccccc23)c(Br)c1. The molecule has 0 atom stereocenters. The molecule has 0 saturated carbocycles. The number of nitrogens with zero attached hydrogens (tertiary/aromatic N) is 2. The summed E-state index contributed by atoms with van der Waals surface area (Å²) < 4.78 is 1.97. The second-order valence-electron chi connectivity index (χ2n) is 5.26. The first kappa shape index (κ1) is 15.4. The van der Waals surface area contributed by atoms with Gasteiger partial charge in [0, 0.05) is 16.9 Å². The van der Waals surface area contributed by atoms with Crippen molar-refractivity contribution in [1.29, 1.82) is 0 Å². The molecule has 1 aromatic heterocycles. The van der Waals surface area contributed by atoms with Crippen LogP contribution in [0.15, 0.2) is 51.7 Å². The maximum Gasteiger partial charge on any atom is 0.276 e. The molecule has 0 aliphatic heterocycles. The van der Waals surface area contributed by atoms with Gasteiger partial charge in [-0.3, -0.25) is 9.59 Å². The average Bonchev–Trinajstić information content (AvgIpc) is 2.53. The summed E-state index contributed by atoms with van der Waals surface area (Å²) in [4.78, 5) is 24.7. The molecule has 0 fully saturated rings. The number of fused-ring (bicyclic) bond motifs is 1. The number of carbonyl (C=O) groups is 1. The van der Waals surface area contributed by atoms with Crippen LogP contribution in [0.25, 0.3) is 10.8 Å². The van der Waals surface area contributed by atoms with E-state index in [0.29, 0.717) is 16.5 Å². The Balaban J connectivity index is 2.08. The van der Waals surface area contributed by atoms with E-state index in [1.54, 1.807) is 24.3 Å². The van der Waals surface area contributed by atoms with Crippen molar-refractivity contribution in [2.45, 2.75) is 6.92 Å². The Morgan fingerprint density at radius 1 is 1.17 bits per heavy atom. The highest BCUT2D eigenvalue weighted by molar-refractivity contribution is 9.10. The molecule has 1 N–H and O–H groups in total. The van der Waals surface area contributed by atoms with Gasteiger partial charge in [-0.15, -0.1) is 0 Å². The van der Waals surface area contributed by atoms with Crippen molar-refractivity contribution in [2.75, 3.05) is 5.32 Å². The van der Waals surface area contributed by atoms with E-state index < -0.39 is 0 Å². The summed E-state index contributed by atoms with van der Waals surface area (Å²) in [5.74, 6) is -0.360. The topological polar surface area (TPSA) is 64.0 Å². The Kier molecular flexibility index (Phi) is 4.00. The predicted octanol–water partition coefficient (Wildman–Crippen LogP) is 3.26.